The van der Waals surface area contributed by atoms with E-state index in [1.54, 1.807) is 6.20 Å². The summed E-state index contributed by atoms with van der Waals surface area (Å²) in [5.41, 5.74) is 4.56. The van der Waals surface area contributed by atoms with E-state index in [2.05, 4.69) is 15.5 Å². The summed E-state index contributed by atoms with van der Waals surface area (Å²) in [5.74, 6) is -0.264. The first-order valence-corrected chi connectivity index (χ1v) is 8.81. The van der Waals surface area contributed by atoms with Gasteiger partial charge < -0.3 is 14.1 Å². The second-order valence-corrected chi connectivity index (χ2v) is 6.58. The number of ketones is 1. The molecule has 27 heavy (non-hydrogen) atoms. The molecular weight excluding hydrogens is 350 g/mol. The van der Waals surface area contributed by atoms with E-state index in [0.717, 1.165) is 41.9 Å². The molecule has 0 bridgehead atoms. The van der Waals surface area contributed by atoms with Crippen LogP contribution in [0.5, 0.6) is 0 Å². The van der Waals surface area contributed by atoms with Crippen LogP contribution < -0.4 is 0 Å². The van der Waals surface area contributed by atoms with Gasteiger partial charge in [-0.1, -0.05) is 10.4 Å². The second kappa shape index (κ2) is 8.15. The lowest BCUT2D eigenvalue weighted by Crippen LogP contribution is -2.19. The molecule has 0 saturated heterocycles. The summed E-state index contributed by atoms with van der Waals surface area (Å²) >= 11 is 0. The molecule has 9 nitrogen and oxygen atoms in total. The van der Waals surface area contributed by atoms with E-state index in [1.165, 1.54) is 18.7 Å². The van der Waals surface area contributed by atoms with Gasteiger partial charge in [-0.3, -0.25) is 9.59 Å². The highest BCUT2D eigenvalue weighted by molar-refractivity contribution is 6.02. The minimum absolute atomic E-state index is 0.00850. The average molecular weight is 373 g/mol. The predicted octanol–water partition coefficient (Wildman–Crippen LogP) is 1.41. The van der Waals surface area contributed by atoms with Gasteiger partial charge in [-0.05, 0) is 39.2 Å². The first kappa shape index (κ1) is 18.8. The maximum atomic E-state index is 11.7. The van der Waals surface area contributed by atoms with Gasteiger partial charge >= 0.3 is 5.97 Å². The van der Waals surface area contributed by atoms with Crippen molar-refractivity contribution in [1.82, 2.24) is 19.6 Å². The maximum Gasteiger partial charge on any atom is 0.325 e. The van der Waals surface area contributed by atoms with Crippen LogP contribution in [0.4, 0.5) is 0 Å². The van der Waals surface area contributed by atoms with Gasteiger partial charge in [-0.2, -0.15) is 0 Å². The summed E-state index contributed by atoms with van der Waals surface area (Å²) in [6.45, 7) is 4.04. The number of oxime groups is 1. The number of ether oxygens (including phenoxy) is 1. The molecule has 0 unspecified atom stereocenters. The Labute approximate surface area is 156 Å². The lowest BCUT2D eigenvalue weighted by atomic mass is 9.96. The standard InChI is InChI=1S/C18H23N5O4/c1-12-7-15-16(5-4-6-17(15)23(12)10-18(25)26-3)20-27-11-14-9-22(21-19-14)8-13(2)24/h7,9H,4-6,8,10-11H2,1-3H3/b20-16+. The van der Waals surface area contributed by atoms with Crippen molar-refractivity contribution in [2.24, 2.45) is 5.16 Å². The van der Waals surface area contributed by atoms with Gasteiger partial charge in [0, 0.05) is 17.0 Å². The predicted molar refractivity (Wildman–Crippen MR) is 96.2 cm³/mol. The van der Waals surface area contributed by atoms with E-state index < -0.39 is 0 Å². The number of fused-ring (bicyclic) bond motifs is 1. The molecule has 0 N–H and O–H groups in total. The number of methoxy groups -OCH3 is 1. The second-order valence-electron chi connectivity index (χ2n) is 6.58. The molecule has 0 amide bonds. The van der Waals surface area contributed by atoms with Crippen LogP contribution in [0.15, 0.2) is 17.4 Å². The topological polar surface area (TPSA) is 101 Å². The zero-order chi connectivity index (χ0) is 19.4. The Morgan fingerprint density at radius 2 is 2.11 bits per heavy atom. The highest BCUT2D eigenvalue weighted by atomic mass is 16.6. The average Bonchev–Trinajstić information content (AvgIpc) is 3.19. The van der Waals surface area contributed by atoms with Crippen LogP contribution in [0.1, 0.15) is 42.4 Å². The van der Waals surface area contributed by atoms with Gasteiger partial charge in [-0.25, -0.2) is 4.68 Å². The van der Waals surface area contributed by atoms with E-state index in [-0.39, 0.29) is 31.4 Å². The number of aromatic nitrogens is 4. The molecule has 1 aliphatic carbocycles. The monoisotopic (exact) mass is 373 g/mol. The molecule has 2 aromatic heterocycles. The SMILES string of the molecule is COC(=O)Cn1c(C)cc2c1CCC/C2=N\OCc1cn(CC(C)=O)nn1. The fourth-order valence-corrected chi connectivity index (χ4v) is 3.20. The summed E-state index contributed by atoms with van der Waals surface area (Å²) in [5, 5.41) is 12.1. The van der Waals surface area contributed by atoms with Crippen molar-refractivity contribution >= 4 is 17.5 Å². The molecule has 144 valence electrons. The molecule has 0 aliphatic heterocycles. The summed E-state index contributed by atoms with van der Waals surface area (Å²) in [6.07, 6.45) is 4.31. The van der Waals surface area contributed by atoms with Crippen molar-refractivity contribution in [3.8, 4) is 0 Å². The third kappa shape index (κ3) is 4.42. The van der Waals surface area contributed by atoms with Crippen molar-refractivity contribution in [3.05, 3.63) is 34.9 Å². The summed E-state index contributed by atoms with van der Waals surface area (Å²) < 4.78 is 8.24. The van der Waals surface area contributed by atoms with Crippen molar-refractivity contribution < 1.29 is 19.2 Å². The summed E-state index contributed by atoms with van der Waals surface area (Å²) in [6, 6.07) is 2.03. The highest BCUT2D eigenvalue weighted by Gasteiger charge is 2.23. The van der Waals surface area contributed by atoms with Crippen LogP contribution in [0.25, 0.3) is 0 Å². The first-order chi connectivity index (χ1) is 13.0. The van der Waals surface area contributed by atoms with Gasteiger partial charge in [0.15, 0.2) is 12.4 Å². The molecule has 2 heterocycles. The van der Waals surface area contributed by atoms with Crippen LogP contribution in [0, 0.1) is 6.92 Å². The van der Waals surface area contributed by atoms with E-state index in [9.17, 15) is 9.59 Å². The smallest absolute Gasteiger partial charge is 0.325 e. The Hall–Kier alpha value is -2.97. The molecule has 9 heteroatoms. The first-order valence-electron chi connectivity index (χ1n) is 8.81. The van der Waals surface area contributed by atoms with E-state index in [0.29, 0.717) is 5.69 Å². The number of rotatable bonds is 7. The van der Waals surface area contributed by atoms with Crippen LogP contribution in [-0.4, -0.2) is 44.1 Å². The molecule has 0 aromatic carbocycles. The number of carbonyl (C=O) groups excluding carboxylic acids is 2. The largest absolute Gasteiger partial charge is 0.468 e. The molecule has 0 saturated carbocycles. The van der Waals surface area contributed by atoms with Crippen molar-refractivity contribution in [1.29, 1.82) is 0 Å². The lowest BCUT2D eigenvalue weighted by Gasteiger charge is -2.17. The molecule has 2 aromatic rings. The van der Waals surface area contributed by atoms with Crippen LogP contribution in [-0.2, 0) is 45.3 Å². The number of esters is 1. The van der Waals surface area contributed by atoms with Crippen LogP contribution in [0.2, 0.25) is 0 Å². The lowest BCUT2D eigenvalue weighted by molar-refractivity contribution is -0.141. The Kier molecular flexibility index (Phi) is 5.68. The zero-order valence-corrected chi connectivity index (χ0v) is 15.8. The minimum Gasteiger partial charge on any atom is -0.468 e. The van der Waals surface area contributed by atoms with Crippen molar-refractivity contribution in [3.63, 3.8) is 0 Å². The number of hydrogen-bond donors (Lipinski definition) is 0. The fourth-order valence-electron chi connectivity index (χ4n) is 3.20. The molecule has 1 aliphatic rings. The molecule has 0 fully saturated rings. The van der Waals surface area contributed by atoms with E-state index in [1.807, 2.05) is 17.6 Å². The highest BCUT2D eigenvalue weighted by Crippen LogP contribution is 2.26. The number of Topliss-reactive ketones (excluding diaryl/α,β-unsaturated/α-hetero) is 1. The normalized spacial score (nSPS) is 14.9. The van der Waals surface area contributed by atoms with E-state index in [4.69, 9.17) is 9.57 Å². The van der Waals surface area contributed by atoms with Gasteiger partial charge in [0.25, 0.3) is 0 Å². The maximum absolute atomic E-state index is 11.7. The van der Waals surface area contributed by atoms with Gasteiger partial charge in [0.1, 0.15) is 18.8 Å². The zero-order valence-electron chi connectivity index (χ0n) is 15.8. The molecular formula is C18H23N5O4. The fraction of sp³-hybridized carbons (Fsp3) is 0.500. The number of carbonyl (C=O) groups is 2. The number of hydrogen-bond acceptors (Lipinski definition) is 7. The van der Waals surface area contributed by atoms with Crippen molar-refractivity contribution in [2.45, 2.75) is 52.8 Å². The van der Waals surface area contributed by atoms with Crippen molar-refractivity contribution in [2.75, 3.05) is 7.11 Å². The van der Waals surface area contributed by atoms with Crippen LogP contribution in [0.3, 0.4) is 0 Å². The molecule has 0 spiro atoms. The van der Waals surface area contributed by atoms with Gasteiger partial charge in [-0.15, -0.1) is 5.10 Å². The Morgan fingerprint density at radius 3 is 2.85 bits per heavy atom. The Balaban J connectivity index is 1.70. The third-order valence-electron chi connectivity index (χ3n) is 4.43. The molecule has 3 rings (SSSR count). The quantitative estimate of drug-likeness (QED) is 0.537. The molecule has 0 radical (unpaired) electrons. The molecule has 0 atom stereocenters. The summed E-state index contributed by atoms with van der Waals surface area (Å²) in [4.78, 5) is 28.2. The van der Waals surface area contributed by atoms with Gasteiger partial charge in [0.2, 0.25) is 0 Å². The van der Waals surface area contributed by atoms with E-state index >= 15 is 0 Å². The van der Waals surface area contributed by atoms with Gasteiger partial charge in [0.05, 0.1) is 19.0 Å². The van der Waals surface area contributed by atoms with Crippen LogP contribution >= 0.6 is 0 Å². The Bertz CT molecular complexity index is 880. The minimum atomic E-state index is -0.273. The number of aryl methyl sites for hydroxylation is 1. The number of nitrogens with zero attached hydrogens (tertiary/aromatic N) is 5. The summed E-state index contributed by atoms with van der Waals surface area (Å²) in [7, 11) is 1.39. The Morgan fingerprint density at radius 1 is 1.30 bits per heavy atom. The third-order valence-corrected chi connectivity index (χ3v) is 4.43.